The van der Waals surface area contributed by atoms with Gasteiger partial charge in [0.15, 0.2) is 5.50 Å². The molecule has 6 heavy (non-hydrogen) atoms. The fourth-order valence-electron chi connectivity index (χ4n) is 0.278. The third-order valence-corrected chi connectivity index (χ3v) is 1.25. The highest BCUT2D eigenvalue weighted by molar-refractivity contribution is 8.12. The van der Waals surface area contributed by atoms with E-state index >= 15 is 0 Å². The van der Waals surface area contributed by atoms with Gasteiger partial charge < -0.3 is 0 Å². The van der Waals surface area contributed by atoms with Gasteiger partial charge in [-0.3, -0.25) is 4.99 Å². The van der Waals surface area contributed by atoms with Gasteiger partial charge in [0.2, 0.25) is 0 Å². The highest BCUT2D eigenvalue weighted by Crippen LogP contribution is 2.14. The second kappa shape index (κ2) is 1.60. The van der Waals surface area contributed by atoms with Gasteiger partial charge in [-0.25, -0.2) is 4.39 Å². The first-order valence-electron chi connectivity index (χ1n) is 1.67. The summed E-state index contributed by atoms with van der Waals surface area (Å²) in [4.78, 5) is 3.63. The van der Waals surface area contributed by atoms with E-state index < -0.39 is 5.50 Å². The maximum Gasteiger partial charge on any atom is 0.170 e. The Bertz CT molecular complexity index is 65.2. The minimum Gasteiger partial charge on any atom is -0.282 e. The molecule has 1 aliphatic heterocycles. The molecule has 0 N–H and O–H groups in total. The third-order valence-electron chi connectivity index (χ3n) is 0.532. The fraction of sp³-hybridized carbons (Fsp3) is 0.667. The largest absolute Gasteiger partial charge is 0.282 e. The normalized spacial score (nSPS) is 31.8. The van der Waals surface area contributed by atoms with Crippen molar-refractivity contribution in [1.82, 2.24) is 0 Å². The molecular formula is C3H4FNS. The Morgan fingerprint density at radius 2 is 2.83 bits per heavy atom. The summed E-state index contributed by atoms with van der Waals surface area (Å²) in [7, 11) is 0. The predicted molar refractivity (Wildman–Crippen MR) is 25.8 cm³/mol. The summed E-state index contributed by atoms with van der Waals surface area (Å²) in [5, 5.41) is 0. The van der Waals surface area contributed by atoms with Gasteiger partial charge in [-0.05, 0) is 0 Å². The maximum atomic E-state index is 11.8. The number of thioether (sulfide) groups is 1. The van der Waals surface area contributed by atoms with Crippen LogP contribution in [0.15, 0.2) is 4.99 Å². The van der Waals surface area contributed by atoms with Crippen molar-refractivity contribution in [3.8, 4) is 0 Å². The van der Waals surface area contributed by atoms with Crippen LogP contribution in [-0.2, 0) is 0 Å². The molecule has 3 heteroatoms. The van der Waals surface area contributed by atoms with Crippen molar-refractivity contribution in [1.29, 1.82) is 0 Å². The summed E-state index contributed by atoms with van der Waals surface area (Å²) in [5.41, 5.74) is 0.787. The van der Waals surface area contributed by atoms with E-state index in [0.717, 1.165) is 11.8 Å². The molecule has 0 bridgehead atoms. The van der Waals surface area contributed by atoms with Gasteiger partial charge in [-0.1, -0.05) is 11.8 Å². The van der Waals surface area contributed by atoms with Crippen LogP contribution < -0.4 is 0 Å². The smallest absolute Gasteiger partial charge is 0.170 e. The Morgan fingerprint density at radius 1 is 2.00 bits per heavy atom. The lowest BCUT2D eigenvalue weighted by atomic mass is 10.8. The molecular weight excluding hydrogens is 101 g/mol. The Morgan fingerprint density at radius 3 is 3.00 bits per heavy atom. The van der Waals surface area contributed by atoms with Gasteiger partial charge in [0, 0.05) is 0 Å². The topological polar surface area (TPSA) is 12.4 Å². The van der Waals surface area contributed by atoms with E-state index in [1.54, 1.807) is 5.55 Å². The summed E-state index contributed by atoms with van der Waals surface area (Å²) in [6.07, 6.45) is 0. The third kappa shape index (κ3) is 0.712. The van der Waals surface area contributed by atoms with Gasteiger partial charge in [0.05, 0.1) is 12.1 Å². The van der Waals surface area contributed by atoms with Gasteiger partial charge in [0.25, 0.3) is 0 Å². The molecule has 1 unspecified atom stereocenters. The van der Waals surface area contributed by atoms with E-state index in [9.17, 15) is 4.39 Å². The molecule has 0 amide bonds. The molecule has 1 aliphatic rings. The van der Waals surface area contributed by atoms with Crippen molar-refractivity contribution >= 4 is 17.3 Å². The molecule has 0 saturated heterocycles. The monoisotopic (exact) mass is 105 g/mol. The van der Waals surface area contributed by atoms with E-state index in [1.807, 2.05) is 0 Å². The molecule has 0 aromatic heterocycles. The lowest BCUT2D eigenvalue weighted by Gasteiger charge is -1.84. The van der Waals surface area contributed by atoms with Crippen LogP contribution in [0.1, 0.15) is 0 Å². The quantitative estimate of drug-likeness (QED) is 0.448. The highest BCUT2D eigenvalue weighted by atomic mass is 32.2. The number of alkyl halides is 1. The van der Waals surface area contributed by atoms with Crippen LogP contribution in [0.3, 0.4) is 0 Å². The molecule has 0 fully saturated rings. The molecule has 0 aromatic carbocycles. The summed E-state index contributed by atoms with van der Waals surface area (Å²) >= 11 is 1.14. The van der Waals surface area contributed by atoms with E-state index in [4.69, 9.17) is 0 Å². The van der Waals surface area contributed by atoms with Crippen molar-refractivity contribution in [3.63, 3.8) is 0 Å². The van der Waals surface area contributed by atoms with Crippen LogP contribution >= 0.6 is 11.8 Å². The lowest BCUT2D eigenvalue weighted by molar-refractivity contribution is 0.467. The molecule has 1 nitrogen and oxygen atoms in total. The van der Waals surface area contributed by atoms with E-state index in [-0.39, 0.29) is 0 Å². The average molecular weight is 105 g/mol. The second-order valence-corrected chi connectivity index (χ2v) is 2.01. The second-order valence-electron chi connectivity index (χ2n) is 1.02. The van der Waals surface area contributed by atoms with Crippen LogP contribution in [0.2, 0.25) is 0 Å². The number of halogens is 1. The molecule has 1 atom stereocenters. The summed E-state index contributed by atoms with van der Waals surface area (Å²) in [6.45, 7) is 0.352. The van der Waals surface area contributed by atoms with E-state index in [2.05, 4.69) is 4.99 Å². The van der Waals surface area contributed by atoms with Crippen molar-refractivity contribution in [2.75, 3.05) is 6.54 Å². The first-order chi connectivity index (χ1) is 2.89. The van der Waals surface area contributed by atoms with Crippen LogP contribution in [0.4, 0.5) is 4.39 Å². The Balaban J connectivity index is 2.32. The maximum absolute atomic E-state index is 11.8. The van der Waals surface area contributed by atoms with Crippen LogP contribution in [0, 0.1) is 0 Å². The summed E-state index contributed by atoms with van der Waals surface area (Å²) < 4.78 is 11.8. The van der Waals surface area contributed by atoms with Gasteiger partial charge in [0.1, 0.15) is 0 Å². The minimum absolute atomic E-state index is 0.352. The lowest BCUT2D eigenvalue weighted by Crippen LogP contribution is -1.88. The number of rotatable bonds is 0. The van der Waals surface area contributed by atoms with Crippen molar-refractivity contribution in [2.24, 2.45) is 4.99 Å². The van der Waals surface area contributed by atoms with Crippen molar-refractivity contribution in [2.45, 2.75) is 5.50 Å². The molecule has 0 aromatic rings. The summed E-state index contributed by atoms with van der Waals surface area (Å²) in [6, 6.07) is 0. The molecule has 0 aliphatic carbocycles. The van der Waals surface area contributed by atoms with Gasteiger partial charge in [-0.2, -0.15) is 0 Å². The zero-order valence-corrected chi connectivity index (χ0v) is 3.91. The molecule has 1 heterocycles. The molecule has 0 saturated carbocycles. The van der Waals surface area contributed by atoms with Crippen molar-refractivity contribution < 1.29 is 4.39 Å². The molecule has 0 spiro atoms. The Hall–Kier alpha value is -0.0500. The SMILES string of the molecule is FC1CN=CS1. The minimum atomic E-state index is -0.759. The predicted octanol–water partition coefficient (Wildman–Crippen LogP) is 1.06. The molecule has 34 valence electrons. The highest BCUT2D eigenvalue weighted by Gasteiger charge is 2.06. The van der Waals surface area contributed by atoms with E-state index in [0.29, 0.717) is 6.54 Å². The molecule has 1 rings (SSSR count). The number of hydrogen-bond acceptors (Lipinski definition) is 2. The first kappa shape index (κ1) is 4.12. The standard InChI is InChI=1S/C3H4FNS/c4-3-1-5-2-6-3/h2-3H,1H2. The number of nitrogens with zero attached hydrogens (tertiary/aromatic N) is 1. The zero-order valence-electron chi connectivity index (χ0n) is 3.10. The van der Waals surface area contributed by atoms with Crippen molar-refractivity contribution in [3.05, 3.63) is 0 Å². The number of aliphatic imine (C=N–C) groups is 1. The summed E-state index contributed by atoms with van der Waals surface area (Å²) in [5.74, 6) is 0. The van der Waals surface area contributed by atoms with Gasteiger partial charge >= 0.3 is 0 Å². The first-order valence-corrected chi connectivity index (χ1v) is 2.62. The Kier molecular flexibility index (Phi) is 1.10. The van der Waals surface area contributed by atoms with Gasteiger partial charge in [-0.15, -0.1) is 0 Å². The average Bonchev–Trinajstić information content (AvgIpc) is 1.86. The van der Waals surface area contributed by atoms with Crippen LogP contribution in [0.25, 0.3) is 0 Å². The van der Waals surface area contributed by atoms with Crippen LogP contribution in [-0.4, -0.2) is 17.6 Å². The Labute approximate surface area is 39.6 Å². The number of hydrogen-bond donors (Lipinski definition) is 0. The van der Waals surface area contributed by atoms with E-state index in [1.165, 1.54) is 0 Å². The van der Waals surface area contributed by atoms with Crippen LogP contribution in [0.5, 0.6) is 0 Å². The zero-order chi connectivity index (χ0) is 4.41. The fourth-order valence-corrected chi connectivity index (χ4v) is 0.754. The molecule has 0 radical (unpaired) electrons.